The van der Waals surface area contributed by atoms with Crippen LogP contribution >= 0.6 is 15.9 Å². The molecule has 1 amide bonds. The van der Waals surface area contributed by atoms with E-state index in [1.807, 2.05) is 18.7 Å². The standard InChI is InChI=1S/C12H22BrNO2/c1-10(2)16-9-12(15)14-7-3-4-11(8-14)5-6-13/h10-11H,3-9H2,1-2H3. The zero-order chi connectivity index (χ0) is 12.0. The average molecular weight is 292 g/mol. The first kappa shape index (κ1) is 14.0. The van der Waals surface area contributed by atoms with Gasteiger partial charge in [-0.3, -0.25) is 4.79 Å². The molecule has 4 heteroatoms. The Morgan fingerprint density at radius 3 is 2.94 bits per heavy atom. The number of carbonyl (C=O) groups excluding carboxylic acids is 1. The molecule has 1 aliphatic rings. The summed E-state index contributed by atoms with van der Waals surface area (Å²) in [5, 5.41) is 1.03. The first-order valence-electron chi connectivity index (χ1n) is 6.08. The molecule has 0 radical (unpaired) electrons. The van der Waals surface area contributed by atoms with Crippen molar-refractivity contribution in [2.45, 2.75) is 39.2 Å². The molecular weight excluding hydrogens is 270 g/mol. The molecule has 1 saturated heterocycles. The van der Waals surface area contributed by atoms with Gasteiger partial charge in [-0.25, -0.2) is 0 Å². The molecule has 0 aliphatic carbocycles. The second-order valence-corrected chi connectivity index (χ2v) is 5.48. The van der Waals surface area contributed by atoms with E-state index in [1.54, 1.807) is 0 Å². The molecule has 1 rings (SSSR count). The van der Waals surface area contributed by atoms with Gasteiger partial charge in [0.2, 0.25) is 5.91 Å². The zero-order valence-electron chi connectivity index (χ0n) is 10.2. The van der Waals surface area contributed by atoms with E-state index in [0.29, 0.717) is 5.92 Å². The van der Waals surface area contributed by atoms with Gasteiger partial charge in [0.15, 0.2) is 0 Å². The number of piperidine rings is 1. The van der Waals surface area contributed by atoms with Crippen LogP contribution in [0.5, 0.6) is 0 Å². The van der Waals surface area contributed by atoms with E-state index in [1.165, 1.54) is 6.42 Å². The lowest BCUT2D eigenvalue weighted by Gasteiger charge is -2.32. The van der Waals surface area contributed by atoms with E-state index in [4.69, 9.17) is 4.74 Å². The van der Waals surface area contributed by atoms with Crippen molar-refractivity contribution in [3.63, 3.8) is 0 Å². The summed E-state index contributed by atoms with van der Waals surface area (Å²) < 4.78 is 5.35. The molecule has 0 aromatic carbocycles. The topological polar surface area (TPSA) is 29.5 Å². The van der Waals surface area contributed by atoms with E-state index in [0.717, 1.165) is 31.3 Å². The summed E-state index contributed by atoms with van der Waals surface area (Å²) in [6.45, 7) is 5.96. The van der Waals surface area contributed by atoms with Gasteiger partial charge in [-0.1, -0.05) is 15.9 Å². The van der Waals surface area contributed by atoms with Crippen LogP contribution in [0.4, 0.5) is 0 Å². The Morgan fingerprint density at radius 1 is 1.56 bits per heavy atom. The highest BCUT2D eigenvalue weighted by atomic mass is 79.9. The lowest BCUT2D eigenvalue weighted by atomic mass is 9.96. The van der Waals surface area contributed by atoms with E-state index in [9.17, 15) is 4.79 Å². The number of amides is 1. The number of likely N-dealkylation sites (tertiary alicyclic amines) is 1. The Kier molecular flexibility index (Phi) is 6.36. The predicted octanol–water partition coefficient (Wildman–Crippen LogP) is 2.44. The van der Waals surface area contributed by atoms with E-state index < -0.39 is 0 Å². The highest BCUT2D eigenvalue weighted by Crippen LogP contribution is 2.20. The van der Waals surface area contributed by atoms with Crippen molar-refractivity contribution >= 4 is 21.8 Å². The van der Waals surface area contributed by atoms with Crippen molar-refractivity contribution in [3.8, 4) is 0 Å². The van der Waals surface area contributed by atoms with Crippen LogP contribution < -0.4 is 0 Å². The Balaban J connectivity index is 2.32. The van der Waals surface area contributed by atoms with Crippen LogP contribution in [0.25, 0.3) is 0 Å². The van der Waals surface area contributed by atoms with Gasteiger partial charge >= 0.3 is 0 Å². The molecule has 0 bridgehead atoms. The molecule has 0 saturated carbocycles. The lowest BCUT2D eigenvalue weighted by molar-refractivity contribution is -0.139. The van der Waals surface area contributed by atoms with Crippen LogP contribution in [0.2, 0.25) is 0 Å². The predicted molar refractivity (Wildman–Crippen MR) is 68.8 cm³/mol. The van der Waals surface area contributed by atoms with E-state index >= 15 is 0 Å². The van der Waals surface area contributed by atoms with Crippen molar-refractivity contribution in [1.82, 2.24) is 4.90 Å². The van der Waals surface area contributed by atoms with Crippen LogP contribution in [0.1, 0.15) is 33.1 Å². The summed E-state index contributed by atoms with van der Waals surface area (Å²) in [4.78, 5) is 13.8. The molecule has 1 atom stereocenters. The van der Waals surface area contributed by atoms with Gasteiger partial charge in [-0.15, -0.1) is 0 Å². The number of nitrogens with zero attached hydrogens (tertiary/aromatic N) is 1. The summed E-state index contributed by atoms with van der Waals surface area (Å²) in [5.74, 6) is 0.809. The minimum atomic E-state index is 0.132. The number of rotatable bonds is 5. The number of hydrogen-bond donors (Lipinski definition) is 0. The largest absolute Gasteiger partial charge is 0.369 e. The molecular formula is C12H22BrNO2. The Hall–Kier alpha value is -0.0900. The van der Waals surface area contributed by atoms with Crippen molar-refractivity contribution in [3.05, 3.63) is 0 Å². The van der Waals surface area contributed by atoms with Gasteiger partial charge in [-0.05, 0) is 39.0 Å². The fraction of sp³-hybridized carbons (Fsp3) is 0.917. The lowest BCUT2D eigenvalue weighted by Crippen LogP contribution is -2.42. The van der Waals surface area contributed by atoms with E-state index in [-0.39, 0.29) is 18.6 Å². The first-order chi connectivity index (χ1) is 7.63. The Bertz CT molecular complexity index is 219. The highest BCUT2D eigenvalue weighted by molar-refractivity contribution is 9.09. The van der Waals surface area contributed by atoms with Gasteiger partial charge in [0, 0.05) is 18.4 Å². The molecule has 0 spiro atoms. The van der Waals surface area contributed by atoms with Gasteiger partial charge in [0.1, 0.15) is 6.61 Å². The van der Waals surface area contributed by atoms with Crippen LogP contribution in [-0.4, -0.2) is 41.9 Å². The van der Waals surface area contributed by atoms with Crippen molar-refractivity contribution in [2.24, 2.45) is 5.92 Å². The fourth-order valence-corrected chi connectivity index (χ4v) is 2.66. The number of hydrogen-bond acceptors (Lipinski definition) is 2. The quantitative estimate of drug-likeness (QED) is 0.728. The molecule has 0 N–H and O–H groups in total. The van der Waals surface area contributed by atoms with Crippen LogP contribution in [-0.2, 0) is 9.53 Å². The molecule has 1 heterocycles. The maximum atomic E-state index is 11.8. The second kappa shape index (κ2) is 7.28. The van der Waals surface area contributed by atoms with Gasteiger partial charge < -0.3 is 9.64 Å². The third-order valence-corrected chi connectivity index (χ3v) is 3.39. The van der Waals surface area contributed by atoms with Crippen molar-refractivity contribution in [2.75, 3.05) is 25.0 Å². The number of carbonyl (C=O) groups is 1. The van der Waals surface area contributed by atoms with Crippen LogP contribution in [0.3, 0.4) is 0 Å². The minimum absolute atomic E-state index is 0.132. The Morgan fingerprint density at radius 2 is 2.31 bits per heavy atom. The maximum absolute atomic E-state index is 11.8. The van der Waals surface area contributed by atoms with E-state index in [2.05, 4.69) is 15.9 Å². The summed E-state index contributed by atoms with van der Waals surface area (Å²) in [6, 6.07) is 0. The number of alkyl halides is 1. The van der Waals surface area contributed by atoms with Gasteiger partial charge in [0.05, 0.1) is 6.10 Å². The molecule has 3 nitrogen and oxygen atoms in total. The molecule has 1 aliphatic heterocycles. The molecule has 0 aromatic heterocycles. The molecule has 0 aromatic rings. The molecule has 1 unspecified atom stereocenters. The second-order valence-electron chi connectivity index (χ2n) is 4.69. The van der Waals surface area contributed by atoms with Crippen molar-refractivity contribution in [1.29, 1.82) is 0 Å². The highest BCUT2D eigenvalue weighted by Gasteiger charge is 2.23. The number of halogens is 1. The SMILES string of the molecule is CC(C)OCC(=O)N1CCCC(CCBr)C1. The summed E-state index contributed by atoms with van der Waals surface area (Å²) >= 11 is 3.46. The van der Waals surface area contributed by atoms with Gasteiger partial charge in [0.25, 0.3) is 0 Å². The third-order valence-electron chi connectivity index (χ3n) is 2.93. The first-order valence-corrected chi connectivity index (χ1v) is 7.21. The Labute approximate surface area is 107 Å². The van der Waals surface area contributed by atoms with Crippen LogP contribution in [0, 0.1) is 5.92 Å². The summed E-state index contributed by atoms with van der Waals surface area (Å²) in [5.41, 5.74) is 0. The smallest absolute Gasteiger partial charge is 0.248 e. The average Bonchev–Trinajstić information content (AvgIpc) is 2.26. The third kappa shape index (κ3) is 4.83. The number of ether oxygens (including phenoxy) is 1. The van der Waals surface area contributed by atoms with Gasteiger partial charge in [-0.2, -0.15) is 0 Å². The van der Waals surface area contributed by atoms with Crippen LogP contribution in [0.15, 0.2) is 0 Å². The summed E-state index contributed by atoms with van der Waals surface area (Å²) in [6.07, 6.45) is 3.67. The minimum Gasteiger partial charge on any atom is -0.369 e. The molecule has 94 valence electrons. The monoisotopic (exact) mass is 291 g/mol. The zero-order valence-corrected chi connectivity index (χ0v) is 11.8. The normalized spacial score (nSPS) is 21.5. The fourth-order valence-electron chi connectivity index (χ4n) is 2.01. The van der Waals surface area contributed by atoms with Crippen molar-refractivity contribution < 1.29 is 9.53 Å². The summed E-state index contributed by atoms with van der Waals surface area (Å²) in [7, 11) is 0. The molecule has 1 fully saturated rings. The molecule has 16 heavy (non-hydrogen) atoms. The maximum Gasteiger partial charge on any atom is 0.248 e.